The normalized spacial score (nSPS) is 10.7. The van der Waals surface area contributed by atoms with Crippen molar-refractivity contribution in [2.24, 2.45) is 7.05 Å². The largest absolute Gasteiger partial charge is 0.481 e. The average molecular weight is 259 g/mol. The summed E-state index contributed by atoms with van der Waals surface area (Å²) in [6.45, 7) is 3.39. The number of carbonyl (C=O) groups is 1. The molecule has 0 fully saturated rings. The molecule has 0 aromatic carbocycles. The standard InChI is InChI=1S/C10H17N3O3S/c1-3-16-6-4-5-8-11-12-10(13(8)2)17-7-9(14)15/h3-7H2,1-2H3,(H,14,15). The fourth-order valence-electron chi connectivity index (χ4n) is 1.29. The van der Waals surface area contributed by atoms with Crippen LogP contribution in [-0.4, -0.2) is 44.8 Å². The molecule has 1 heterocycles. The van der Waals surface area contributed by atoms with Gasteiger partial charge in [0.05, 0.1) is 5.75 Å². The first-order chi connectivity index (χ1) is 8.15. The molecule has 0 aliphatic rings. The Kier molecular flexibility index (Phi) is 5.99. The van der Waals surface area contributed by atoms with Crippen LogP contribution in [0.5, 0.6) is 0 Å². The van der Waals surface area contributed by atoms with E-state index in [2.05, 4.69) is 10.2 Å². The zero-order valence-corrected chi connectivity index (χ0v) is 10.9. The first-order valence-electron chi connectivity index (χ1n) is 5.45. The Morgan fingerprint density at radius 1 is 1.53 bits per heavy atom. The lowest BCUT2D eigenvalue weighted by Gasteiger charge is -2.03. The summed E-state index contributed by atoms with van der Waals surface area (Å²) in [6.07, 6.45) is 1.68. The van der Waals surface area contributed by atoms with Crippen LogP contribution in [0, 0.1) is 0 Å². The first-order valence-corrected chi connectivity index (χ1v) is 6.44. The van der Waals surface area contributed by atoms with Gasteiger partial charge in [0, 0.05) is 26.7 Å². The second kappa shape index (κ2) is 7.29. The van der Waals surface area contributed by atoms with E-state index >= 15 is 0 Å². The molecule has 0 aliphatic heterocycles. The van der Waals surface area contributed by atoms with Crippen molar-refractivity contribution in [1.29, 1.82) is 0 Å². The van der Waals surface area contributed by atoms with Crippen LogP contribution in [0.3, 0.4) is 0 Å². The zero-order chi connectivity index (χ0) is 12.7. The molecule has 0 radical (unpaired) electrons. The van der Waals surface area contributed by atoms with Crippen molar-refractivity contribution in [2.45, 2.75) is 24.9 Å². The Morgan fingerprint density at radius 2 is 2.29 bits per heavy atom. The maximum atomic E-state index is 10.4. The van der Waals surface area contributed by atoms with E-state index in [0.717, 1.165) is 25.3 Å². The van der Waals surface area contributed by atoms with Crippen LogP contribution >= 0.6 is 11.8 Å². The van der Waals surface area contributed by atoms with Crippen LogP contribution in [0.15, 0.2) is 5.16 Å². The van der Waals surface area contributed by atoms with Gasteiger partial charge in [-0.15, -0.1) is 10.2 Å². The number of aryl methyl sites for hydroxylation is 1. The van der Waals surface area contributed by atoms with Crippen molar-refractivity contribution in [3.05, 3.63) is 5.82 Å². The number of hydrogen-bond donors (Lipinski definition) is 1. The highest BCUT2D eigenvalue weighted by atomic mass is 32.2. The van der Waals surface area contributed by atoms with E-state index in [1.165, 1.54) is 11.8 Å². The second-order valence-electron chi connectivity index (χ2n) is 3.44. The highest BCUT2D eigenvalue weighted by Crippen LogP contribution is 2.15. The van der Waals surface area contributed by atoms with E-state index < -0.39 is 5.97 Å². The molecular formula is C10H17N3O3S. The minimum atomic E-state index is -0.851. The summed E-state index contributed by atoms with van der Waals surface area (Å²) in [7, 11) is 1.85. The summed E-state index contributed by atoms with van der Waals surface area (Å²) in [5.41, 5.74) is 0. The summed E-state index contributed by atoms with van der Waals surface area (Å²) >= 11 is 1.18. The lowest BCUT2D eigenvalue weighted by Crippen LogP contribution is -2.04. The summed E-state index contributed by atoms with van der Waals surface area (Å²) < 4.78 is 7.07. The van der Waals surface area contributed by atoms with Crippen LogP contribution in [0.1, 0.15) is 19.2 Å². The van der Waals surface area contributed by atoms with E-state index in [0.29, 0.717) is 11.8 Å². The van der Waals surface area contributed by atoms with Crippen molar-refractivity contribution in [3.63, 3.8) is 0 Å². The lowest BCUT2D eigenvalue weighted by atomic mass is 10.3. The van der Waals surface area contributed by atoms with Crippen LogP contribution in [0.4, 0.5) is 0 Å². The monoisotopic (exact) mass is 259 g/mol. The molecule has 0 aliphatic carbocycles. The van der Waals surface area contributed by atoms with Gasteiger partial charge in [0.25, 0.3) is 0 Å². The minimum Gasteiger partial charge on any atom is -0.481 e. The summed E-state index contributed by atoms with van der Waals surface area (Å²) in [5, 5.41) is 17.2. The molecule has 0 unspecified atom stereocenters. The van der Waals surface area contributed by atoms with Crippen LogP contribution in [-0.2, 0) is 23.0 Å². The molecule has 0 spiro atoms. The Labute approximate surface area is 104 Å². The van der Waals surface area contributed by atoms with Crippen molar-refractivity contribution < 1.29 is 14.6 Å². The summed E-state index contributed by atoms with van der Waals surface area (Å²) in [4.78, 5) is 10.4. The average Bonchev–Trinajstić information content (AvgIpc) is 2.63. The van der Waals surface area contributed by atoms with Crippen molar-refractivity contribution >= 4 is 17.7 Å². The van der Waals surface area contributed by atoms with Crippen LogP contribution in [0.2, 0.25) is 0 Å². The first kappa shape index (κ1) is 14.0. The minimum absolute atomic E-state index is 0.00488. The quantitative estimate of drug-likeness (QED) is 0.553. The van der Waals surface area contributed by atoms with Crippen LogP contribution in [0.25, 0.3) is 0 Å². The van der Waals surface area contributed by atoms with Crippen molar-refractivity contribution in [3.8, 4) is 0 Å². The van der Waals surface area contributed by atoms with Crippen LogP contribution < -0.4 is 0 Å². The summed E-state index contributed by atoms with van der Waals surface area (Å²) in [6, 6.07) is 0. The van der Waals surface area contributed by atoms with E-state index in [9.17, 15) is 4.79 Å². The Balaban J connectivity index is 2.43. The maximum Gasteiger partial charge on any atom is 0.313 e. The van der Waals surface area contributed by atoms with Gasteiger partial charge < -0.3 is 14.4 Å². The van der Waals surface area contributed by atoms with Gasteiger partial charge in [-0.05, 0) is 13.3 Å². The number of thioether (sulfide) groups is 1. The third kappa shape index (κ3) is 4.74. The smallest absolute Gasteiger partial charge is 0.313 e. The molecule has 0 saturated carbocycles. The molecule has 0 bridgehead atoms. The predicted molar refractivity (Wildman–Crippen MR) is 64.2 cm³/mol. The van der Waals surface area contributed by atoms with Gasteiger partial charge >= 0.3 is 5.97 Å². The van der Waals surface area contributed by atoms with Crippen molar-refractivity contribution in [2.75, 3.05) is 19.0 Å². The highest BCUT2D eigenvalue weighted by Gasteiger charge is 2.10. The molecule has 96 valence electrons. The number of hydrogen-bond acceptors (Lipinski definition) is 5. The van der Waals surface area contributed by atoms with Gasteiger partial charge in [-0.25, -0.2) is 0 Å². The SMILES string of the molecule is CCOCCCc1nnc(SCC(=O)O)n1C. The Hall–Kier alpha value is -1.08. The Bertz CT molecular complexity index is 368. The van der Waals surface area contributed by atoms with Gasteiger partial charge in [-0.2, -0.15) is 0 Å². The number of ether oxygens (including phenoxy) is 1. The molecule has 0 atom stereocenters. The molecular weight excluding hydrogens is 242 g/mol. The molecule has 1 aromatic rings. The van der Waals surface area contributed by atoms with Gasteiger partial charge in [0.15, 0.2) is 5.16 Å². The molecule has 17 heavy (non-hydrogen) atoms. The fraction of sp³-hybridized carbons (Fsp3) is 0.700. The molecule has 0 saturated heterocycles. The number of nitrogens with zero attached hydrogens (tertiary/aromatic N) is 3. The summed E-state index contributed by atoms with van der Waals surface area (Å²) in [5.74, 6) is 0.0127. The molecule has 7 heteroatoms. The number of aliphatic carboxylic acids is 1. The Morgan fingerprint density at radius 3 is 2.94 bits per heavy atom. The second-order valence-corrected chi connectivity index (χ2v) is 4.38. The van der Waals surface area contributed by atoms with E-state index in [-0.39, 0.29) is 5.75 Å². The third-order valence-corrected chi connectivity index (χ3v) is 3.15. The topological polar surface area (TPSA) is 77.2 Å². The lowest BCUT2D eigenvalue weighted by molar-refractivity contribution is -0.133. The molecule has 6 nitrogen and oxygen atoms in total. The van der Waals surface area contributed by atoms with Gasteiger partial charge in [-0.3, -0.25) is 4.79 Å². The fourth-order valence-corrected chi connectivity index (χ4v) is 1.94. The molecule has 1 rings (SSSR count). The van der Waals surface area contributed by atoms with Gasteiger partial charge in [0.2, 0.25) is 0 Å². The van der Waals surface area contributed by atoms with E-state index in [1.807, 2.05) is 18.5 Å². The predicted octanol–water partition coefficient (Wildman–Crippen LogP) is 0.961. The molecule has 1 N–H and O–H groups in total. The molecule has 0 amide bonds. The van der Waals surface area contributed by atoms with Crippen molar-refractivity contribution in [1.82, 2.24) is 14.8 Å². The number of aromatic nitrogens is 3. The molecule has 1 aromatic heterocycles. The van der Waals surface area contributed by atoms with E-state index in [4.69, 9.17) is 9.84 Å². The maximum absolute atomic E-state index is 10.4. The zero-order valence-electron chi connectivity index (χ0n) is 10.0. The third-order valence-electron chi connectivity index (χ3n) is 2.14. The van der Waals surface area contributed by atoms with E-state index in [1.54, 1.807) is 0 Å². The van der Waals surface area contributed by atoms with Gasteiger partial charge in [-0.1, -0.05) is 11.8 Å². The highest BCUT2D eigenvalue weighted by molar-refractivity contribution is 7.99. The number of rotatable bonds is 8. The van der Waals surface area contributed by atoms with Gasteiger partial charge in [0.1, 0.15) is 5.82 Å². The number of carboxylic acids is 1. The number of carboxylic acid groups (broad SMARTS) is 1.